The van der Waals surface area contributed by atoms with Crippen molar-refractivity contribution in [2.75, 3.05) is 26.8 Å². The van der Waals surface area contributed by atoms with Gasteiger partial charge in [0.25, 0.3) is 0 Å². The molecule has 1 saturated heterocycles. The van der Waals surface area contributed by atoms with Crippen molar-refractivity contribution in [2.45, 2.75) is 24.0 Å². The second kappa shape index (κ2) is 7.82. The first-order valence-electron chi connectivity index (χ1n) is 6.87. The van der Waals surface area contributed by atoms with Crippen LogP contribution in [-0.4, -0.2) is 48.8 Å². The summed E-state index contributed by atoms with van der Waals surface area (Å²) in [5.74, 6) is 0.0642. The summed E-state index contributed by atoms with van der Waals surface area (Å²) in [7, 11) is 1.60. The highest BCUT2D eigenvalue weighted by atomic mass is 32.2. The van der Waals surface area contributed by atoms with E-state index in [1.54, 1.807) is 30.2 Å². The van der Waals surface area contributed by atoms with Crippen molar-refractivity contribution in [3.05, 3.63) is 22.4 Å². The van der Waals surface area contributed by atoms with Crippen LogP contribution in [0.5, 0.6) is 0 Å². The van der Waals surface area contributed by atoms with Crippen LogP contribution in [0.15, 0.2) is 16.8 Å². The molecule has 0 aliphatic carbocycles. The van der Waals surface area contributed by atoms with Gasteiger partial charge in [0.2, 0.25) is 11.8 Å². The Bertz CT molecular complexity index is 479. The molecule has 1 fully saturated rings. The van der Waals surface area contributed by atoms with Gasteiger partial charge in [0, 0.05) is 26.6 Å². The van der Waals surface area contributed by atoms with Gasteiger partial charge in [0.05, 0.1) is 11.9 Å². The number of rotatable bonds is 7. The summed E-state index contributed by atoms with van der Waals surface area (Å²) in [5, 5.41) is 6.84. The van der Waals surface area contributed by atoms with Crippen LogP contribution in [0.2, 0.25) is 0 Å². The second-order valence-electron chi connectivity index (χ2n) is 4.81. The van der Waals surface area contributed by atoms with E-state index in [9.17, 15) is 9.59 Å². The molecule has 1 aromatic rings. The zero-order valence-corrected chi connectivity index (χ0v) is 13.8. The minimum Gasteiger partial charge on any atom is -0.383 e. The Balaban J connectivity index is 1.90. The van der Waals surface area contributed by atoms with Gasteiger partial charge in [0.15, 0.2) is 0 Å². The summed E-state index contributed by atoms with van der Waals surface area (Å²) in [6, 6.07) is 2.04. The zero-order valence-electron chi connectivity index (χ0n) is 12.2. The maximum atomic E-state index is 12.2. The van der Waals surface area contributed by atoms with E-state index in [2.05, 4.69) is 10.7 Å². The maximum Gasteiger partial charge on any atom is 0.236 e. The number of thiophene rings is 1. The van der Waals surface area contributed by atoms with Gasteiger partial charge in [-0.3, -0.25) is 9.59 Å². The van der Waals surface area contributed by atoms with Crippen LogP contribution in [0.25, 0.3) is 0 Å². The molecule has 2 amide bonds. The van der Waals surface area contributed by atoms with Crippen molar-refractivity contribution in [1.29, 1.82) is 0 Å². The number of nitrogens with zero attached hydrogens (tertiary/aromatic N) is 1. The van der Waals surface area contributed by atoms with Crippen LogP contribution in [0.3, 0.4) is 0 Å². The number of thioether (sulfide) groups is 1. The van der Waals surface area contributed by atoms with Crippen LogP contribution in [0, 0.1) is 0 Å². The molecule has 0 aromatic carbocycles. The third-order valence-electron chi connectivity index (χ3n) is 3.28. The summed E-state index contributed by atoms with van der Waals surface area (Å²) >= 11 is 3.27. The molecule has 5 nitrogen and oxygen atoms in total. The SMILES string of the molecule is COCCNC(=O)CCN1C(=O)[C@H](C)S[C@H]1c1ccsc1. The van der Waals surface area contributed by atoms with Gasteiger partial charge in [-0.2, -0.15) is 11.3 Å². The van der Waals surface area contributed by atoms with Crippen LogP contribution in [0.1, 0.15) is 24.3 Å². The summed E-state index contributed by atoms with van der Waals surface area (Å²) in [6.45, 7) is 3.38. The summed E-state index contributed by atoms with van der Waals surface area (Å²) in [5.41, 5.74) is 1.14. The number of nitrogens with one attached hydrogen (secondary N) is 1. The third kappa shape index (κ3) is 4.21. The van der Waals surface area contributed by atoms with Crippen molar-refractivity contribution in [1.82, 2.24) is 10.2 Å². The average Bonchev–Trinajstić information content (AvgIpc) is 3.07. The third-order valence-corrected chi connectivity index (χ3v) is 5.38. The lowest BCUT2D eigenvalue weighted by Crippen LogP contribution is -2.35. The molecule has 1 aromatic heterocycles. The Kier molecular flexibility index (Phi) is 6.08. The van der Waals surface area contributed by atoms with Gasteiger partial charge in [-0.05, 0) is 29.3 Å². The lowest BCUT2D eigenvalue weighted by atomic mass is 10.2. The van der Waals surface area contributed by atoms with Gasteiger partial charge in [-0.1, -0.05) is 0 Å². The molecule has 7 heteroatoms. The lowest BCUT2D eigenvalue weighted by molar-refractivity contribution is -0.130. The molecule has 0 radical (unpaired) electrons. The molecule has 1 aliphatic rings. The minimum atomic E-state index is -0.0496. The fraction of sp³-hybridized carbons (Fsp3) is 0.571. The van der Waals surface area contributed by atoms with Crippen LogP contribution < -0.4 is 5.32 Å². The van der Waals surface area contributed by atoms with Crippen LogP contribution in [0.4, 0.5) is 0 Å². The standard InChI is InChI=1S/C14H20N2O3S2/c1-10-13(18)16(6-3-12(17)15-5-7-19-2)14(21-10)11-4-8-20-9-11/h4,8-10,14H,3,5-7H2,1-2H3,(H,15,17)/t10-,14-/m0/s1. The smallest absolute Gasteiger partial charge is 0.236 e. The highest BCUT2D eigenvalue weighted by Gasteiger charge is 2.38. The Morgan fingerprint density at radius 1 is 1.52 bits per heavy atom. The number of carbonyl (C=O) groups is 2. The predicted molar refractivity (Wildman–Crippen MR) is 85.3 cm³/mol. The van der Waals surface area contributed by atoms with E-state index in [1.807, 2.05) is 23.3 Å². The molecular formula is C14H20N2O3S2. The van der Waals surface area contributed by atoms with Gasteiger partial charge < -0.3 is 15.0 Å². The van der Waals surface area contributed by atoms with E-state index in [0.29, 0.717) is 26.1 Å². The molecule has 2 atom stereocenters. The Morgan fingerprint density at radius 3 is 3.00 bits per heavy atom. The topological polar surface area (TPSA) is 58.6 Å². The van der Waals surface area contributed by atoms with Crippen molar-refractivity contribution >= 4 is 34.9 Å². The summed E-state index contributed by atoms with van der Waals surface area (Å²) in [4.78, 5) is 25.8. The van der Waals surface area contributed by atoms with E-state index in [0.717, 1.165) is 5.56 Å². The fourth-order valence-electron chi connectivity index (χ4n) is 2.18. The monoisotopic (exact) mass is 328 g/mol. The fourth-order valence-corrected chi connectivity index (χ4v) is 4.24. The first-order chi connectivity index (χ1) is 10.1. The highest BCUT2D eigenvalue weighted by Crippen LogP contribution is 2.43. The average molecular weight is 328 g/mol. The molecule has 21 heavy (non-hydrogen) atoms. The Hall–Kier alpha value is -1.05. The first-order valence-corrected chi connectivity index (χ1v) is 8.75. The Labute approximate surface area is 133 Å². The van der Waals surface area contributed by atoms with E-state index < -0.39 is 0 Å². The van der Waals surface area contributed by atoms with E-state index in [4.69, 9.17) is 4.74 Å². The highest BCUT2D eigenvalue weighted by molar-refractivity contribution is 8.01. The first kappa shape index (κ1) is 16.3. The molecule has 0 unspecified atom stereocenters. The molecule has 0 bridgehead atoms. The van der Waals surface area contributed by atoms with Crippen LogP contribution >= 0.6 is 23.1 Å². The number of ether oxygens (including phenoxy) is 1. The number of hydrogen-bond donors (Lipinski definition) is 1. The van der Waals surface area contributed by atoms with Crippen LogP contribution in [-0.2, 0) is 14.3 Å². The van der Waals surface area contributed by atoms with Gasteiger partial charge in [0.1, 0.15) is 5.37 Å². The number of hydrogen-bond acceptors (Lipinski definition) is 5. The van der Waals surface area contributed by atoms with Crippen molar-refractivity contribution in [3.63, 3.8) is 0 Å². The van der Waals surface area contributed by atoms with Gasteiger partial charge >= 0.3 is 0 Å². The van der Waals surface area contributed by atoms with E-state index in [1.165, 1.54) is 0 Å². The molecule has 2 rings (SSSR count). The van der Waals surface area contributed by atoms with Crippen molar-refractivity contribution in [2.24, 2.45) is 0 Å². The number of carbonyl (C=O) groups excluding carboxylic acids is 2. The quantitative estimate of drug-likeness (QED) is 0.776. The molecule has 0 spiro atoms. The number of amides is 2. The normalized spacial score (nSPS) is 21.8. The summed E-state index contributed by atoms with van der Waals surface area (Å²) in [6.07, 6.45) is 0.323. The van der Waals surface area contributed by atoms with E-state index >= 15 is 0 Å². The number of methoxy groups -OCH3 is 1. The molecule has 0 saturated carbocycles. The predicted octanol–water partition coefficient (Wildman–Crippen LogP) is 1.86. The van der Waals surface area contributed by atoms with E-state index in [-0.39, 0.29) is 22.4 Å². The largest absolute Gasteiger partial charge is 0.383 e. The second-order valence-corrected chi connectivity index (χ2v) is 7.02. The lowest BCUT2D eigenvalue weighted by Gasteiger charge is -2.23. The molecule has 1 N–H and O–H groups in total. The Morgan fingerprint density at radius 2 is 2.33 bits per heavy atom. The van der Waals surface area contributed by atoms with Crippen molar-refractivity contribution < 1.29 is 14.3 Å². The maximum absolute atomic E-state index is 12.2. The zero-order chi connectivity index (χ0) is 15.2. The summed E-state index contributed by atoms with van der Waals surface area (Å²) < 4.78 is 4.89. The van der Waals surface area contributed by atoms with Gasteiger partial charge in [-0.25, -0.2) is 0 Å². The molecular weight excluding hydrogens is 308 g/mol. The molecule has 2 heterocycles. The van der Waals surface area contributed by atoms with Crippen molar-refractivity contribution in [3.8, 4) is 0 Å². The van der Waals surface area contributed by atoms with Gasteiger partial charge in [-0.15, -0.1) is 11.8 Å². The minimum absolute atomic E-state index is 0.0329. The molecule has 1 aliphatic heterocycles. The molecule has 116 valence electrons.